The Morgan fingerprint density at radius 3 is 2.76 bits per heavy atom. The molecule has 6 nitrogen and oxygen atoms in total. The van der Waals surface area contributed by atoms with Crippen molar-refractivity contribution in [2.75, 3.05) is 11.9 Å². The Hall–Kier alpha value is -1.73. The van der Waals surface area contributed by atoms with Crippen molar-refractivity contribution in [1.29, 1.82) is 0 Å². The lowest BCUT2D eigenvalue weighted by Crippen LogP contribution is -2.43. The minimum atomic E-state index is -0.310. The maximum atomic E-state index is 11.9. The Labute approximate surface area is 127 Å². The second-order valence-corrected chi connectivity index (χ2v) is 6.06. The number of aryl methyl sites for hydroxylation is 2. The molecule has 0 spiro atoms. The quantitative estimate of drug-likeness (QED) is 0.857. The van der Waals surface area contributed by atoms with Gasteiger partial charge in [0.15, 0.2) is 5.82 Å². The summed E-state index contributed by atoms with van der Waals surface area (Å²) in [7, 11) is 0. The third-order valence-corrected chi connectivity index (χ3v) is 4.56. The van der Waals surface area contributed by atoms with E-state index >= 15 is 0 Å². The highest BCUT2D eigenvalue weighted by Gasteiger charge is 2.28. The lowest BCUT2D eigenvalue weighted by molar-refractivity contribution is -0.115. The minimum absolute atomic E-state index is 0.156. The standard InChI is InChI=1S/C14H20N4O2S/c1-5-14(4,13-16-9(2)8-21-13)15-7-12(19)17-11-6-10(3)20-18-11/h6,8,15H,5,7H2,1-4H3,(H,17,18,19). The number of rotatable bonds is 6. The summed E-state index contributed by atoms with van der Waals surface area (Å²) in [5.74, 6) is 0.939. The molecule has 1 amide bonds. The van der Waals surface area contributed by atoms with Gasteiger partial charge in [-0.3, -0.25) is 10.1 Å². The zero-order valence-corrected chi connectivity index (χ0v) is 13.5. The van der Waals surface area contributed by atoms with Crippen LogP contribution in [-0.4, -0.2) is 22.6 Å². The van der Waals surface area contributed by atoms with E-state index in [0.29, 0.717) is 11.6 Å². The first-order chi connectivity index (χ1) is 9.93. The molecule has 0 saturated heterocycles. The Morgan fingerprint density at radius 2 is 2.24 bits per heavy atom. The van der Waals surface area contributed by atoms with Gasteiger partial charge in [-0.05, 0) is 27.2 Å². The highest BCUT2D eigenvalue weighted by molar-refractivity contribution is 7.09. The fourth-order valence-electron chi connectivity index (χ4n) is 1.85. The van der Waals surface area contributed by atoms with Crippen LogP contribution in [0.5, 0.6) is 0 Å². The minimum Gasteiger partial charge on any atom is -0.360 e. The summed E-state index contributed by atoms with van der Waals surface area (Å²) in [5, 5.41) is 12.7. The molecule has 2 aromatic rings. The molecule has 0 fully saturated rings. The van der Waals surface area contributed by atoms with Gasteiger partial charge in [-0.25, -0.2) is 4.98 Å². The molecule has 7 heteroatoms. The van der Waals surface area contributed by atoms with Crippen molar-refractivity contribution in [2.24, 2.45) is 0 Å². The monoisotopic (exact) mass is 308 g/mol. The summed E-state index contributed by atoms with van der Waals surface area (Å²) < 4.78 is 4.91. The van der Waals surface area contributed by atoms with Crippen LogP contribution in [0.2, 0.25) is 0 Å². The first-order valence-electron chi connectivity index (χ1n) is 6.84. The molecule has 0 bridgehead atoms. The summed E-state index contributed by atoms with van der Waals surface area (Å²) in [6.07, 6.45) is 0.844. The van der Waals surface area contributed by atoms with Crippen LogP contribution >= 0.6 is 11.3 Å². The molecule has 0 aromatic carbocycles. The lowest BCUT2D eigenvalue weighted by Gasteiger charge is -2.27. The molecule has 114 valence electrons. The van der Waals surface area contributed by atoms with Crippen molar-refractivity contribution in [3.63, 3.8) is 0 Å². The van der Waals surface area contributed by atoms with Crippen LogP contribution in [0.15, 0.2) is 16.0 Å². The normalized spacial score (nSPS) is 13.9. The molecule has 2 rings (SSSR count). The van der Waals surface area contributed by atoms with Gasteiger partial charge in [0, 0.05) is 17.1 Å². The number of carbonyl (C=O) groups is 1. The van der Waals surface area contributed by atoms with Gasteiger partial charge >= 0.3 is 0 Å². The lowest BCUT2D eigenvalue weighted by atomic mass is 10.00. The number of hydrogen-bond donors (Lipinski definition) is 2. The maximum Gasteiger partial charge on any atom is 0.239 e. The molecular formula is C14H20N4O2S. The Kier molecular flexibility index (Phi) is 4.74. The van der Waals surface area contributed by atoms with E-state index in [1.54, 1.807) is 24.3 Å². The van der Waals surface area contributed by atoms with Crippen LogP contribution in [-0.2, 0) is 10.3 Å². The van der Waals surface area contributed by atoms with E-state index in [1.165, 1.54) is 0 Å². The fraction of sp³-hybridized carbons (Fsp3) is 0.500. The number of hydrogen-bond acceptors (Lipinski definition) is 6. The predicted molar refractivity (Wildman–Crippen MR) is 82.4 cm³/mol. The first-order valence-corrected chi connectivity index (χ1v) is 7.71. The molecule has 0 radical (unpaired) electrons. The number of nitrogens with zero attached hydrogens (tertiary/aromatic N) is 2. The second-order valence-electron chi connectivity index (χ2n) is 5.20. The van der Waals surface area contributed by atoms with Crippen LogP contribution < -0.4 is 10.6 Å². The first kappa shape index (κ1) is 15.7. The van der Waals surface area contributed by atoms with E-state index in [-0.39, 0.29) is 18.0 Å². The zero-order valence-electron chi connectivity index (χ0n) is 12.7. The fourth-order valence-corrected chi connectivity index (χ4v) is 2.86. The third-order valence-electron chi connectivity index (χ3n) is 3.33. The number of amides is 1. The zero-order chi connectivity index (χ0) is 15.5. The van der Waals surface area contributed by atoms with E-state index in [9.17, 15) is 4.79 Å². The second kappa shape index (κ2) is 6.36. The molecule has 0 aliphatic rings. The van der Waals surface area contributed by atoms with Crippen LogP contribution in [0.4, 0.5) is 5.82 Å². The van der Waals surface area contributed by atoms with E-state index < -0.39 is 0 Å². The average Bonchev–Trinajstić information content (AvgIpc) is 3.05. The van der Waals surface area contributed by atoms with Crippen molar-refractivity contribution in [3.05, 3.63) is 27.9 Å². The number of nitrogens with one attached hydrogen (secondary N) is 2. The van der Waals surface area contributed by atoms with Crippen molar-refractivity contribution in [1.82, 2.24) is 15.5 Å². The van der Waals surface area contributed by atoms with Gasteiger partial charge in [0.05, 0.1) is 12.1 Å². The van der Waals surface area contributed by atoms with E-state index in [0.717, 1.165) is 17.1 Å². The van der Waals surface area contributed by atoms with Gasteiger partial charge in [0.2, 0.25) is 5.91 Å². The van der Waals surface area contributed by atoms with E-state index in [4.69, 9.17) is 4.52 Å². The molecule has 1 atom stereocenters. The summed E-state index contributed by atoms with van der Waals surface area (Å²) in [5.41, 5.74) is 0.690. The SMILES string of the molecule is CCC(C)(NCC(=O)Nc1cc(C)on1)c1nc(C)cs1. The van der Waals surface area contributed by atoms with Crippen molar-refractivity contribution >= 4 is 23.1 Å². The van der Waals surface area contributed by atoms with Gasteiger partial charge < -0.3 is 9.84 Å². The number of carbonyl (C=O) groups excluding carboxylic acids is 1. The van der Waals surface area contributed by atoms with Crippen LogP contribution in [0.3, 0.4) is 0 Å². The molecular weight excluding hydrogens is 288 g/mol. The van der Waals surface area contributed by atoms with Gasteiger partial charge in [0.1, 0.15) is 10.8 Å². The van der Waals surface area contributed by atoms with Gasteiger partial charge in [0.25, 0.3) is 0 Å². The van der Waals surface area contributed by atoms with Crippen molar-refractivity contribution in [3.8, 4) is 0 Å². The molecule has 2 N–H and O–H groups in total. The molecule has 0 saturated carbocycles. The molecule has 0 aliphatic carbocycles. The van der Waals surface area contributed by atoms with Crippen molar-refractivity contribution < 1.29 is 9.32 Å². The maximum absolute atomic E-state index is 11.9. The Balaban J connectivity index is 1.95. The average molecular weight is 308 g/mol. The summed E-state index contributed by atoms with van der Waals surface area (Å²) in [4.78, 5) is 16.5. The number of anilines is 1. The highest BCUT2D eigenvalue weighted by Crippen LogP contribution is 2.27. The van der Waals surface area contributed by atoms with E-state index in [1.807, 2.05) is 12.3 Å². The largest absolute Gasteiger partial charge is 0.360 e. The van der Waals surface area contributed by atoms with Gasteiger partial charge in [-0.2, -0.15) is 0 Å². The molecule has 2 aromatic heterocycles. The van der Waals surface area contributed by atoms with Gasteiger partial charge in [-0.15, -0.1) is 11.3 Å². The number of thiazole rings is 1. The molecule has 1 unspecified atom stereocenters. The molecule has 0 aliphatic heterocycles. The van der Waals surface area contributed by atoms with Crippen LogP contribution in [0.25, 0.3) is 0 Å². The van der Waals surface area contributed by atoms with E-state index in [2.05, 4.69) is 34.6 Å². The van der Waals surface area contributed by atoms with Gasteiger partial charge in [-0.1, -0.05) is 12.1 Å². The summed E-state index contributed by atoms with van der Waals surface area (Å²) in [6.45, 7) is 8.06. The van der Waals surface area contributed by atoms with Crippen molar-refractivity contribution in [2.45, 2.75) is 39.7 Å². The smallest absolute Gasteiger partial charge is 0.239 e. The molecule has 2 heterocycles. The summed E-state index contributed by atoms with van der Waals surface area (Å²) >= 11 is 1.61. The highest BCUT2D eigenvalue weighted by atomic mass is 32.1. The van der Waals surface area contributed by atoms with Crippen LogP contribution in [0, 0.1) is 13.8 Å². The third kappa shape index (κ3) is 3.89. The predicted octanol–water partition coefficient (Wildman–Crippen LogP) is 2.60. The number of aromatic nitrogens is 2. The summed E-state index contributed by atoms with van der Waals surface area (Å²) in [6, 6.07) is 1.68. The topological polar surface area (TPSA) is 80.0 Å². The Bertz CT molecular complexity index is 622. The molecule has 21 heavy (non-hydrogen) atoms. The van der Waals surface area contributed by atoms with Crippen LogP contribution in [0.1, 0.15) is 36.7 Å². The Morgan fingerprint density at radius 1 is 1.48 bits per heavy atom.